The number of aliphatic hydroxyl groups excluding tert-OH is 1. The van der Waals surface area contributed by atoms with Crippen LogP contribution in [0, 0.1) is 0 Å². The minimum Gasteiger partial charge on any atom is -0.392 e. The summed E-state index contributed by atoms with van der Waals surface area (Å²) in [5.41, 5.74) is 1.64. The van der Waals surface area contributed by atoms with Crippen molar-refractivity contribution >= 4 is 26.9 Å². The molecule has 0 atom stereocenters. The first kappa shape index (κ1) is 12.1. The Labute approximate surface area is 169 Å². The lowest BCUT2D eigenvalue weighted by atomic mass is 9.96. The van der Waals surface area contributed by atoms with E-state index in [0.717, 1.165) is 6.26 Å². The van der Waals surface area contributed by atoms with E-state index in [-0.39, 0.29) is 22.6 Å². The fourth-order valence-corrected chi connectivity index (χ4v) is 3.57. The van der Waals surface area contributed by atoms with Crippen LogP contribution < -0.4 is 0 Å². The molecule has 1 heterocycles. The molecule has 3 rings (SSSR count). The third kappa shape index (κ3) is 3.96. The van der Waals surface area contributed by atoms with Crippen LogP contribution >= 0.6 is 0 Å². The second-order valence-electron chi connectivity index (χ2n) is 6.13. The van der Waals surface area contributed by atoms with Crippen LogP contribution in [0.3, 0.4) is 0 Å². The van der Waals surface area contributed by atoms with Gasteiger partial charge in [0.1, 0.15) is 0 Å². The van der Waals surface area contributed by atoms with E-state index in [2.05, 4.69) is 0 Å². The second-order valence-corrected chi connectivity index (χ2v) is 8.15. The maximum Gasteiger partial charge on any atom is 0.255 e. The van der Waals surface area contributed by atoms with E-state index in [4.69, 9.17) is 9.60 Å². The van der Waals surface area contributed by atoms with E-state index in [1.54, 1.807) is 24.3 Å². The first-order chi connectivity index (χ1) is 15.5. The predicted octanol–water partition coefficient (Wildman–Crippen LogP) is 2.75. The Bertz CT molecular complexity index is 1240. The van der Waals surface area contributed by atoms with Crippen LogP contribution in [0.4, 0.5) is 0 Å². The molecule has 0 radical (unpaired) electrons. The van der Waals surface area contributed by atoms with E-state index >= 15 is 0 Å². The Kier molecular flexibility index (Phi) is 3.43. The van der Waals surface area contributed by atoms with Crippen molar-refractivity contribution in [2.24, 2.45) is 0 Å². The molecule has 0 aliphatic carbocycles. The molecule has 1 aliphatic heterocycles. The Morgan fingerprint density at radius 2 is 1.74 bits per heavy atom. The topological polar surface area (TPSA) is 74.7 Å². The number of nitrogens with zero attached hydrogens (tertiary/aromatic N) is 1. The Morgan fingerprint density at radius 1 is 1.11 bits per heavy atom. The minimum atomic E-state index is -3.49. The van der Waals surface area contributed by atoms with Gasteiger partial charge in [-0.15, -0.1) is 0 Å². The maximum atomic E-state index is 13.4. The smallest absolute Gasteiger partial charge is 0.255 e. The van der Waals surface area contributed by atoms with Gasteiger partial charge in [0.2, 0.25) is 0 Å². The summed E-state index contributed by atoms with van der Waals surface area (Å²) in [5, 5.41) is 9.30. The molecule has 27 heavy (non-hydrogen) atoms. The van der Waals surface area contributed by atoms with Crippen molar-refractivity contribution in [1.82, 2.24) is 4.90 Å². The molecule has 0 fully saturated rings. The fraction of sp³-hybridized carbons (Fsp3) is 0.286. The van der Waals surface area contributed by atoms with Gasteiger partial charge < -0.3 is 10.0 Å². The molecule has 1 aliphatic rings. The summed E-state index contributed by atoms with van der Waals surface area (Å²) in [5.74, 6) is -0.905. The first-order valence-corrected chi connectivity index (χ1v) is 9.97. The summed E-state index contributed by atoms with van der Waals surface area (Å²) in [6.45, 7) is -7.21. The summed E-state index contributed by atoms with van der Waals surface area (Å²) in [6, 6.07) is 11.8. The van der Waals surface area contributed by atoms with Gasteiger partial charge in [0.05, 0.1) is 17.1 Å². The summed E-state index contributed by atoms with van der Waals surface area (Å²) in [6.07, 6.45) is -2.33. The monoisotopic (exact) mass is 392 g/mol. The number of benzene rings is 2. The van der Waals surface area contributed by atoms with E-state index in [0.29, 0.717) is 21.6 Å². The number of carbonyl (C=O) groups excluding carboxylic acids is 1. The van der Waals surface area contributed by atoms with Gasteiger partial charge in [-0.2, -0.15) is 0 Å². The first-order valence-electron chi connectivity index (χ1n) is 11.6. The second kappa shape index (κ2) is 7.66. The number of carbonyl (C=O) groups is 1. The number of rotatable bonds is 6. The Balaban J connectivity index is 2.17. The molecule has 2 aromatic carbocycles. The van der Waals surface area contributed by atoms with E-state index in [9.17, 15) is 18.3 Å². The largest absolute Gasteiger partial charge is 0.392 e. The highest BCUT2D eigenvalue weighted by Gasteiger charge is 2.31. The van der Waals surface area contributed by atoms with Crippen molar-refractivity contribution in [3.63, 3.8) is 0 Å². The number of hydrogen-bond donors (Lipinski definition) is 1. The highest BCUT2D eigenvalue weighted by Crippen LogP contribution is 2.35. The van der Waals surface area contributed by atoms with Gasteiger partial charge in [0, 0.05) is 28.9 Å². The summed E-state index contributed by atoms with van der Waals surface area (Å²) < 4.78 is 78.5. The number of amides is 1. The lowest BCUT2D eigenvalue weighted by Gasteiger charge is -2.15. The van der Waals surface area contributed by atoms with Gasteiger partial charge >= 0.3 is 0 Å². The Hall–Kier alpha value is -2.44. The number of aliphatic hydroxyl groups is 1. The number of hydrogen-bond acceptors (Lipinski definition) is 4. The van der Waals surface area contributed by atoms with Crippen LogP contribution in [0.15, 0.2) is 53.4 Å². The zero-order valence-corrected chi connectivity index (χ0v) is 15.4. The van der Waals surface area contributed by atoms with E-state index in [1.165, 1.54) is 24.3 Å². The highest BCUT2D eigenvalue weighted by molar-refractivity contribution is 7.90. The normalized spacial score (nSPS) is 20.3. The molecular formula is C21H23NO4S. The van der Waals surface area contributed by atoms with Crippen molar-refractivity contribution < 1.29 is 27.9 Å². The quantitative estimate of drug-likeness (QED) is 0.820. The molecule has 0 saturated carbocycles. The summed E-state index contributed by atoms with van der Waals surface area (Å²) in [7, 11) is -3.49. The van der Waals surface area contributed by atoms with Crippen LogP contribution in [0.5, 0.6) is 0 Å². The third-order valence-electron chi connectivity index (χ3n) is 4.32. The van der Waals surface area contributed by atoms with Gasteiger partial charge in [-0.05, 0) is 40.8 Å². The molecule has 0 saturated heterocycles. The average Bonchev–Trinajstić information content (AvgIpc) is 3.10. The SMILES string of the molecule is [2H]C([2H])([2H])C([2H])([2H])C([2H])([2H])N1CC(c2ccc(S(C)(=O)=O)cc2)=C(c2ccc(CO)cc2)C1=O. The van der Waals surface area contributed by atoms with Crippen molar-refractivity contribution in [2.75, 3.05) is 19.3 Å². The zero-order chi connectivity index (χ0) is 25.7. The van der Waals surface area contributed by atoms with E-state index in [1.807, 2.05) is 0 Å². The van der Waals surface area contributed by atoms with Crippen LogP contribution in [0.25, 0.3) is 11.1 Å². The molecule has 0 bridgehead atoms. The van der Waals surface area contributed by atoms with Gasteiger partial charge in [-0.25, -0.2) is 8.42 Å². The van der Waals surface area contributed by atoms with E-state index < -0.39 is 42.0 Å². The highest BCUT2D eigenvalue weighted by atomic mass is 32.2. The molecule has 1 amide bonds. The standard InChI is InChI=1S/C21H23NO4S/c1-3-12-22-13-19(16-8-10-18(11-9-16)27(2,25)26)20(21(22)24)17-6-4-15(14-23)5-7-17/h4-11,23H,3,12-14H2,1-2H3/i1D3,3D2,12D2. The molecule has 0 aromatic heterocycles. The minimum absolute atomic E-state index is 0.0295. The lowest BCUT2D eigenvalue weighted by Crippen LogP contribution is -2.27. The van der Waals surface area contributed by atoms with Crippen LogP contribution in [0.1, 0.15) is 39.5 Å². The molecule has 2 aromatic rings. The maximum absolute atomic E-state index is 13.4. The molecule has 1 N–H and O–H groups in total. The van der Waals surface area contributed by atoms with Crippen molar-refractivity contribution in [3.8, 4) is 0 Å². The van der Waals surface area contributed by atoms with Crippen molar-refractivity contribution in [3.05, 3.63) is 65.2 Å². The average molecular weight is 393 g/mol. The molecule has 142 valence electrons. The van der Waals surface area contributed by atoms with Crippen LogP contribution in [0.2, 0.25) is 0 Å². The molecule has 0 unspecified atom stereocenters. The van der Waals surface area contributed by atoms with Gasteiger partial charge in [-0.3, -0.25) is 4.79 Å². The predicted molar refractivity (Wildman–Crippen MR) is 106 cm³/mol. The van der Waals surface area contributed by atoms with Crippen molar-refractivity contribution in [2.45, 2.75) is 24.7 Å². The molecule has 0 spiro atoms. The Morgan fingerprint density at radius 3 is 2.30 bits per heavy atom. The molecule has 5 nitrogen and oxygen atoms in total. The van der Waals surface area contributed by atoms with Crippen LogP contribution in [-0.4, -0.2) is 43.6 Å². The fourth-order valence-electron chi connectivity index (χ4n) is 2.94. The van der Waals surface area contributed by atoms with Gasteiger partial charge in [0.15, 0.2) is 9.84 Å². The summed E-state index contributed by atoms with van der Waals surface area (Å²) >= 11 is 0. The van der Waals surface area contributed by atoms with Gasteiger partial charge in [0.25, 0.3) is 5.91 Å². The molecular weight excluding hydrogens is 362 g/mol. The lowest BCUT2D eigenvalue weighted by molar-refractivity contribution is -0.123. The van der Waals surface area contributed by atoms with Crippen molar-refractivity contribution in [1.29, 1.82) is 0 Å². The molecule has 6 heteroatoms. The third-order valence-corrected chi connectivity index (χ3v) is 5.45. The van der Waals surface area contributed by atoms with Crippen LogP contribution in [-0.2, 0) is 21.2 Å². The summed E-state index contributed by atoms with van der Waals surface area (Å²) in [4.78, 5) is 14.0. The zero-order valence-electron chi connectivity index (χ0n) is 21.6. The van der Waals surface area contributed by atoms with Gasteiger partial charge in [-0.1, -0.05) is 43.3 Å². The number of sulfone groups is 1.